The highest BCUT2D eigenvalue weighted by Gasteiger charge is 2.54. The molecule has 198 valence electrons. The van der Waals surface area contributed by atoms with Gasteiger partial charge in [-0.25, -0.2) is 9.59 Å². The van der Waals surface area contributed by atoms with Crippen LogP contribution in [0, 0.1) is 5.92 Å². The summed E-state index contributed by atoms with van der Waals surface area (Å²) < 4.78 is 5.85. The van der Waals surface area contributed by atoms with Crippen molar-refractivity contribution >= 4 is 11.9 Å². The lowest BCUT2D eigenvalue weighted by Crippen LogP contribution is -2.59. The van der Waals surface area contributed by atoms with Crippen molar-refractivity contribution in [2.24, 2.45) is 5.92 Å². The van der Waals surface area contributed by atoms with E-state index in [1.807, 2.05) is 0 Å². The fraction of sp³-hybridized carbons (Fsp3) is 0.929. The zero-order valence-electron chi connectivity index (χ0n) is 21.4. The number of carboxylic acid groups (broad SMARTS) is 1. The summed E-state index contributed by atoms with van der Waals surface area (Å²) >= 11 is 0. The van der Waals surface area contributed by atoms with Gasteiger partial charge in [-0.15, -0.1) is 0 Å². The van der Waals surface area contributed by atoms with E-state index in [9.17, 15) is 24.9 Å². The first kappa shape index (κ1) is 29.1. The Balaban J connectivity index is 2.14. The highest BCUT2D eigenvalue weighted by Crippen LogP contribution is 2.35. The van der Waals surface area contributed by atoms with Crippen molar-refractivity contribution in [1.82, 2.24) is 0 Å². The molecule has 0 amide bonds. The first-order valence-corrected chi connectivity index (χ1v) is 14.3. The molecule has 0 saturated heterocycles. The predicted octanol–water partition coefficient (Wildman–Crippen LogP) is 6.30. The summed E-state index contributed by atoms with van der Waals surface area (Å²) in [6, 6.07) is 0. The van der Waals surface area contributed by atoms with E-state index in [1.165, 1.54) is 51.4 Å². The lowest BCUT2D eigenvalue weighted by atomic mass is 9.76. The van der Waals surface area contributed by atoms with Gasteiger partial charge in [0, 0.05) is 5.92 Å². The first-order chi connectivity index (χ1) is 16.5. The number of aliphatic hydroxyl groups is 2. The second-order valence-corrected chi connectivity index (χ2v) is 10.8. The molecule has 0 aromatic rings. The number of hydrogen-bond acceptors (Lipinski definition) is 5. The molecular formula is C28H50O6. The normalized spacial score (nSPS) is 24.8. The molecule has 34 heavy (non-hydrogen) atoms. The molecule has 2 aliphatic carbocycles. The molecule has 6 nitrogen and oxygen atoms in total. The molecule has 2 unspecified atom stereocenters. The maximum absolute atomic E-state index is 13.4. The molecule has 0 spiro atoms. The highest BCUT2D eigenvalue weighted by atomic mass is 16.6. The lowest BCUT2D eigenvalue weighted by molar-refractivity contribution is -0.202. The van der Waals surface area contributed by atoms with Crippen LogP contribution in [0.25, 0.3) is 0 Å². The summed E-state index contributed by atoms with van der Waals surface area (Å²) in [6.07, 6.45) is 19.8. The molecule has 0 aliphatic heterocycles. The Hall–Kier alpha value is -1.14. The number of esters is 1. The summed E-state index contributed by atoms with van der Waals surface area (Å²) in [5.74, 6) is -3.11. The predicted molar refractivity (Wildman–Crippen MR) is 134 cm³/mol. The second-order valence-electron chi connectivity index (χ2n) is 10.8. The van der Waals surface area contributed by atoms with Gasteiger partial charge in [0.25, 0.3) is 0 Å². The summed E-state index contributed by atoms with van der Waals surface area (Å²) in [6.45, 7) is 0. The fourth-order valence-electron chi connectivity index (χ4n) is 5.78. The number of carboxylic acids is 1. The van der Waals surface area contributed by atoms with E-state index < -0.39 is 29.6 Å². The number of carbonyl (C=O) groups is 2. The van der Waals surface area contributed by atoms with Crippen molar-refractivity contribution in [2.45, 2.75) is 159 Å². The van der Waals surface area contributed by atoms with Crippen molar-refractivity contribution in [3.05, 3.63) is 0 Å². The van der Waals surface area contributed by atoms with Gasteiger partial charge in [-0.2, -0.15) is 0 Å². The quantitative estimate of drug-likeness (QED) is 0.397. The number of aliphatic hydroxyl groups excluding tert-OH is 1. The molecule has 2 saturated carbocycles. The average Bonchev–Trinajstić information content (AvgIpc) is 2.80. The molecule has 0 radical (unpaired) electrons. The van der Waals surface area contributed by atoms with Gasteiger partial charge in [-0.3, -0.25) is 0 Å². The molecule has 0 aromatic carbocycles. The van der Waals surface area contributed by atoms with Crippen LogP contribution in [0.3, 0.4) is 0 Å². The van der Waals surface area contributed by atoms with Gasteiger partial charge in [0.2, 0.25) is 5.60 Å². The topological polar surface area (TPSA) is 104 Å². The van der Waals surface area contributed by atoms with Gasteiger partial charge in [0.1, 0.15) is 6.10 Å². The van der Waals surface area contributed by atoms with Gasteiger partial charge >= 0.3 is 11.9 Å². The number of ether oxygens (including phenoxy) is 1. The minimum atomic E-state index is -2.40. The Labute approximate surface area is 206 Å². The standard InChI is InChI=1S/C28H50O6/c29-25(26(30)31)28(33,23-19-15-11-7-3-1-4-8-12-16-20-23)27(32)34-24-21-17-13-9-5-2-6-10-14-18-22-24/h23-25,29,33H,1-22H2,(H,30,31). The third-order valence-corrected chi connectivity index (χ3v) is 8.03. The van der Waals surface area contributed by atoms with E-state index in [0.29, 0.717) is 12.8 Å². The zero-order chi connectivity index (χ0) is 24.7. The van der Waals surface area contributed by atoms with Gasteiger partial charge in [0.05, 0.1) is 0 Å². The van der Waals surface area contributed by atoms with E-state index in [0.717, 1.165) is 77.0 Å². The molecule has 2 atom stereocenters. The van der Waals surface area contributed by atoms with Crippen LogP contribution < -0.4 is 0 Å². The smallest absolute Gasteiger partial charge is 0.342 e. The van der Waals surface area contributed by atoms with Crippen molar-refractivity contribution in [3.63, 3.8) is 0 Å². The summed E-state index contributed by atoms with van der Waals surface area (Å²) in [5, 5.41) is 31.8. The Bertz CT molecular complexity index is 555. The monoisotopic (exact) mass is 482 g/mol. The first-order valence-electron chi connectivity index (χ1n) is 14.3. The minimum Gasteiger partial charge on any atom is -0.479 e. The molecule has 0 bridgehead atoms. The molecule has 0 heterocycles. The molecule has 2 fully saturated rings. The molecule has 2 rings (SSSR count). The Morgan fingerprint density at radius 3 is 1.29 bits per heavy atom. The summed E-state index contributed by atoms with van der Waals surface area (Å²) in [4.78, 5) is 25.2. The number of aliphatic carboxylic acids is 1. The Kier molecular flexibility index (Phi) is 14.1. The van der Waals surface area contributed by atoms with E-state index in [4.69, 9.17) is 4.74 Å². The zero-order valence-corrected chi connectivity index (χ0v) is 21.4. The highest BCUT2D eigenvalue weighted by molar-refractivity contribution is 5.88. The minimum absolute atomic E-state index is 0.328. The number of carbonyl (C=O) groups excluding carboxylic acids is 1. The largest absolute Gasteiger partial charge is 0.479 e. The molecule has 2 aliphatic rings. The van der Waals surface area contributed by atoms with Crippen molar-refractivity contribution in [3.8, 4) is 0 Å². The summed E-state index contributed by atoms with van der Waals surface area (Å²) in [7, 11) is 0. The molecule has 6 heteroatoms. The van der Waals surface area contributed by atoms with Crippen LogP contribution in [0.5, 0.6) is 0 Å². The van der Waals surface area contributed by atoms with Crippen LogP contribution in [0.15, 0.2) is 0 Å². The second kappa shape index (κ2) is 16.5. The van der Waals surface area contributed by atoms with Crippen LogP contribution in [0.4, 0.5) is 0 Å². The van der Waals surface area contributed by atoms with Gasteiger partial charge in [0.15, 0.2) is 6.10 Å². The van der Waals surface area contributed by atoms with E-state index in [1.54, 1.807) is 0 Å². The molecular weight excluding hydrogens is 432 g/mol. The SMILES string of the molecule is O=C(O)C(O)C(O)(C(=O)OC1CCCCCCCCCCC1)C1CCCCCCCCCCC1. The number of hydrogen-bond donors (Lipinski definition) is 3. The lowest BCUT2D eigenvalue weighted by Gasteiger charge is -2.37. The number of rotatable bonds is 5. The van der Waals surface area contributed by atoms with Crippen LogP contribution in [0.1, 0.15) is 141 Å². The average molecular weight is 483 g/mol. The van der Waals surface area contributed by atoms with Gasteiger partial charge in [-0.05, 0) is 38.5 Å². The van der Waals surface area contributed by atoms with Gasteiger partial charge < -0.3 is 20.1 Å². The third-order valence-electron chi connectivity index (χ3n) is 8.03. The van der Waals surface area contributed by atoms with Gasteiger partial charge in [-0.1, -0.05) is 103 Å². The van der Waals surface area contributed by atoms with Crippen molar-refractivity contribution in [2.75, 3.05) is 0 Å². The van der Waals surface area contributed by atoms with E-state index in [-0.39, 0.29) is 6.10 Å². The summed E-state index contributed by atoms with van der Waals surface area (Å²) in [5.41, 5.74) is -2.40. The van der Waals surface area contributed by atoms with E-state index in [2.05, 4.69) is 0 Å². The Morgan fingerprint density at radius 1 is 0.618 bits per heavy atom. The maximum atomic E-state index is 13.4. The van der Waals surface area contributed by atoms with E-state index >= 15 is 0 Å². The van der Waals surface area contributed by atoms with Crippen LogP contribution in [-0.2, 0) is 14.3 Å². The third kappa shape index (κ3) is 9.85. The van der Waals surface area contributed by atoms with Crippen LogP contribution >= 0.6 is 0 Å². The Morgan fingerprint density at radius 2 is 0.941 bits per heavy atom. The maximum Gasteiger partial charge on any atom is 0.342 e. The van der Waals surface area contributed by atoms with Crippen molar-refractivity contribution < 1.29 is 29.6 Å². The molecule has 3 N–H and O–H groups in total. The van der Waals surface area contributed by atoms with Crippen LogP contribution in [-0.4, -0.2) is 45.1 Å². The fourth-order valence-corrected chi connectivity index (χ4v) is 5.78. The molecule has 0 aromatic heterocycles. The van der Waals surface area contributed by atoms with Crippen molar-refractivity contribution in [1.29, 1.82) is 0 Å². The van der Waals surface area contributed by atoms with Crippen LogP contribution in [0.2, 0.25) is 0 Å².